The van der Waals surface area contributed by atoms with E-state index < -0.39 is 0 Å². The van der Waals surface area contributed by atoms with Gasteiger partial charge in [0.15, 0.2) is 0 Å². The van der Waals surface area contributed by atoms with Crippen molar-refractivity contribution in [2.75, 3.05) is 11.9 Å². The van der Waals surface area contributed by atoms with E-state index in [0.29, 0.717) is 17.5 Å². The molecule has 1 aliphatic carbocycles. The summed E-state index contributed by atoms with van der Waals surface area (Å²) in [6.45, 7) is 2.06. The Balaban J connectivity index is 1.75. The highest BCUT2D eigenvalue weighted by Crippen LogP contribution is 2.41. The van der Waals surface area contributed by atoms with Crippen molar-refractivity contribution in [3.8, 4) is 0 Å². The maximum Gasteiger partial charge on any atom is 0.321 e. The Labute approximate surface area is 110 Å². The van der Waals surface area contributed by atoms with Crippen LogP contribution in [0, 0.1) is 0 Å². The van der Waals surface area contributed by atoms with Gasteiger partial charge in [0.2, 0.25) is 5.13 Å². The van der Waals surface area contributed by atoms with Crippen LogP contribution in [0.3, 0.4) is 0 Å². The van der Waals surface area contributed by atoms with Crippen molar-refractivity contribution in [2.45, 2.75) is 44.6 Å². The van der Waals surface area contributed by atoms with Crippen LogP contribution < -0.4 is 10.6 Å². The molecule has 1 saturated carbocycles. The molecule has 0 aliphatic heterocycles. The largest absolute Gasteiger partial charge is 0.396 e. The van der Waals surface area contributed by atoms with Crippen molar-refractivity contribution in [3.63, 3.8) is 0 Å². The lowest BCUT2D eigenvalue weighted by Crippen LogP contribution is -2.36. The number of amides is 2. The number of aliphatic hydroxyl groups is 1. The standard InChI is InChI=1S/C11H18N4O2S/c1-7(3-2-6-16)12-10(17)13-11-15-14-9(18-11)8-4-5-8/h7-8,16H,2-6H2,1H3,(H2,12,13,15,17)/t7-/m0/s1. The minimum Gasteiger partial charge on any atom is -0.396 e. The molecule has 2 amide bonds. The van der Waals surface area contributed by atoms with E-state index >= 15 is 0 Å². The van der Waals surface area contributed by atoms with Crippen molar-refractivity contribution in [2.24, 2.45) is 0 Å². The molecule has 100 valence electrons. The van der Waals surface area contributed by atoms with Crippen molar-refractivity contribution >= 4 is 22.5 Å². The number of carbonyl (C=O) groups excluding carboxylic acids is 1. The van der Waals surface area contributed by atoms with Crippen LogP contribution in [0.4, 0.5) is 9.93 Å². The molecule has 18 heavy (non-hydrogen) atoms. The van der Waals surface area contributed by atoms with Gasteiger partial charge in [0.1, 0.15) is 5.01 Å². The van der Waals surface area contributed by atoms with E-state index in [1.54, 1.807) is 0 Å². The quantitative estimate of drug-likeness (QED) is 0.734. The van der Waals surface area contributed by atoms with Gasteiger partial charge in [-0.2, -0.15) is 0 Å². The molecule has 1 aliphatic rings. The fourth-order valence-electron chi connectivity index (χ4n) is 1.61. The highest BCUT2D eigenvalue weighted by atomic mass is 32.1. The number of nitrogens with one attached hydrogen (secondary N) is 2. The topological polar surface area (TPSA) is 87.1 Å². The maximum atomic E-state index is 11.6. The summed E-state index contributed by atoms with van der Waals surface area (Å²) in [5.41, 5.74) is 0. The number of hydrogen-bond acceptors (Lipinski definition) is 5. The molecule has 1 aromatic rings. The Morgan fingerprint density at radius 2 is 2.33 bits per heavy atom. The van der Waals surface area contributed by atoms with Gasteiger partial charge in [-0.3, -0.25) is 5.32 Å². The summed E-state index contributed by atoms with van der Waals surface area (Å²) in [7, 11) is 0. The summed E-state index contributed by atoms with van der Waals surface area (Å²) in [5.74, 6) is 0.560. The second kappa shape index (κ2) is 6.10. The number of anilines is 1. The molecule has 2 rings (SSSR count). The predicted octanol–water partition coefficient (Wildman–Crippen LogP) is 1.70. The van der Waals surface area contributed by atoms with E-state index in [0.717, 1.165) is 11.4 Å². The summed E-state index contributed by atoms with van der Waals surface area (Å²) >= 11 is 1.44. The summed E-state index contributed by atoms with van der Waals surface area (Å²) in [6.07, 6.45) is 3.80. The van der Waals surface area contributed by atoms with Gasteiger partial charge < -0.3 is 10.4 Å². The lowest BCUT2D eigenvalue weighted by Gasteiger charge is -2.12. The molecular weight excluding hydrogens is 252 g/mol. The van der Waals surface area contributed by atoms with E-state index in [2.05, 4.69) is 20.8 Å². The molecule has 0 radical (unpaired) electrons. The summed E-state index contributed by atoms with van der Waals surface area (Å²) < 4.78 is 0. The lowest BCUT2D eigenvalue weighted by molar-refractivity contribution is 0.245. The number of nitrogens with zero attached hydrogens (tertiary/aromatic N) is 2. The van der Waals surface area contributed by atoms with E-state index in [1.807, 2.05) is 6.92 Å². The van der Waals surface area contributed by atoms with Crippen LogP contribution in [0.1, 0.15) is 43.5 Å². The average Bonchev–Trinajstić information content (AvgIpc) is 3.08. The Kier molecular flexibility index (Phi) is 4.48. The first-order valence-electron chi connectivity index (χ1n) is 6.21. The molecule has 3 N–H and O–H groups in total. The van der Waals surface area contributed by atoms with Gasteiger partial charge in [0.25, 0.3) is 0 Å². The molecule has 0 spiro atoms. The minimum atomic E-state index is -0.265. The van der Waals surface area contributed by atoms with Crippen LogP contribution in [0.25, 0.3) is 0 Å². The van der Waals surface area contributed by atoms with E-state index in [4.69, 9.17) is 5.11 Å². The van der Waals surface area contributed by atoms with Crippen LogP contribution in [0.5, 0.6) is 0 Å². The SMILES string of the molecule is C[C@@H](CCCO)NC(=O)Nc1nnc(C2CC2)s1. The number of carbonyl (C=O) groups is 1. The average molecular weight is 270 g/mol. The lowest BCUT2D eigenvalue weighted by atomic mass is 10.2. The Hall–Kier alpha value is -1.21. The van der Waals surface area contributed by atoms with E-state index in [1.165, 1.54) is 24.2 Å². The zero-order chi connectivity index (χ0) is 13.0. The van der Waals surface area contributed by atoms with Crippen molar-refractivity contribution in [3.05, 3.63) is 5.01 Å². The van der Waals surface area contributed by atoms with Crippen LogP contribution in [-0.4, -0.2) is 34.0 Å². The fraction of sp³-hybridized carbons (Fsp3) is 0.727. The van der Waals surface area contributed by atoms with Crippen LogP contribution >= 0.6 is 11.3 Å². The highest BCUT2D eigenvalue weighted by Gasteiger charge is 2.27. The summed E-state index contributed by atoms with van der Waals surface area (Å²) in [6, 6.07) is -0.230. The first-order chi connectivity index (χ1) is 8.69. The number of rotatable bonds is 6. The van der Waals surface area contributed by atoms with Gasteiger partial charge in [-0.15, -0.1) is 10.2 Å². The van der Waals surface area contributed by atoms with Crippen molar-refractivity contribution in [1.82, 2.24) is 15.5 Å². The molecule has 1 fully saturated rings. The molecule has 1 heterocycles. The van der Waals surface area contributed by atoms with Crippen LogP contribution in [-0.2, 0) is 0 Å². The number of hydrogen-bond donors (Lipinski definition) is 3. The first-order valence-corrected chi connectivity index (χ1v) is 7.02. The molecular formula is C11H18N4O2S. The number of aliphatic hydroxyl groups excluding tert-OH is 1. The predicted molar refractivity (Wildman–Crippen MR) is 69.8 cm³/mol. The number of aromatic nitrogens is 2. The third kappa shape index (κ3) is 3.92. The molecule has 1 atom stereocenters. The van der Waals surface area contributed by atoms with E-state index in [-0.39, 0.29) is 18.7 Å². The smallest absolute Gasteiger partial charge is 0.321 e. The zero-order valence-electron chi connectivity index (χ0n) is 10.3. The molecule has 0 aromatic carbocycles. The molecule has 0 saturated heterocycles. The second-order valence-electron chi connectivity index (χ2n) is 4.59. The molecule has 7 heteroatoms. The minimum absolute atomic E-state index is 0.0352. The third-order valence-electron chi connectivity index (χ3n) is 2.76. The van der Waals surface area contributed by atoms with Crippen molar-refractivity contribution < 1.29 is 9.90 Å². The van der Waals surface area contributed by atoms with Gasteiger partial charge in [-0.25, -0.2) is 4.79 Å². The van der Waals surface area contributed by atoms with Crippen LogP contribution in [0.2, 0.25) is 0 Å². The van der Waals surface area contributed by atoms with E-state index in [9.17, 15) is 4.79 Å². The van der Waals surface area contributed by atoms with Gasteiger partial charge >= 0.3 is 6.03 Å². The first kappa shape index (κ1) is 13.2. The normalized spacial score (nSPS) is 16.3. The Morgan fingerprint density at radius 1 is 1.56 bits per heavy atom. The van der Waals surface area contributed by atoms with Gasteiger partial charge in [0, 0.05) is 18.6 Å². The molecule has 6 nitrogen and oxygen atoms in total. The summed E-state index contributed by atoms with van der Waals surface area (Å²) in [5, 5.41) is 23.7. The van der Waals surface area contributed by atoms with Gasteiger partial charge in [-0.05, 0) is 32.6 Å². The molecule has 0 unspecified atom stereocenters. The molecule has 1 aromatic heterocycles. The summed E-state index contributed by atoms with van der Waals surface area (Å²) in [4.78, 5) is 11.6. The fourth-order valence-corrected chi connectivity index (χ4v) is 2.51. The monoisotopic (exact) mass is 270 g/mol. The highest BCUT2D eigenvalue weighted by molar-refractivity contribution is 7.15. The van der Waals surface area contributed by atoms with Gasteiger partial charge in [0.05, 0.1) is 0 Å². The molecule has 0 bridgehead atoms. The Bertz CT molecular complexity index is 406. The zero-order valence-corrected chi connectivity index (χ0v) is 11.2. The van der Waals surface area contributed by atoms with Crippen LogP contribution in [0.15, 0.2) is 0 Å². The second-order valence-corrected chi connectivity index (χ2v) is 5.59. The number of urea groups is 1. The van der Waals surface area contributed by atoms with Crippen molar-refractivity contribution in [1.29, 1.82) is 0 Å². The maximum absolute atomic E-state index is 11.6. The Morgan fingerprint density at radius 3 is 3.00 bits per heavy atom. The third-order valence-corrected chi connectivity index (χ3v) is 3.76. The van der Waals surface area contributed by atoms with Gasteiger partial charge in [-0.1, -0.05) is 11.3 Å².